The SMILES string of the molecule is CNC1CC(C(F)(F)F)CC[C@H]1C(=O)[C@H]1CC/C(=C\C2CC(Br)CS2)C1C. The zero-order valence-electron chi connectivity index (χ0n) is 15.9. The molecule has 27 heavy (non-hydrogen) atoms. The Morgan fingerprint density at radius 1 is 1.22 bits per heavy atom. The fourth-order valence-electron chi connectivity index (χ4n) is 5.06. The van der Waals surface area contributed by atoms with Gasteiger partial charge in [0.15, 0.2) is 0 Å². The van der Waals surface area contributed by atoms with Crippen molar-refractivity contribution in [2.24, 2.45) is 23.7 Å². The largest absolute Gasteiger partial charge is 0.391 e. The first kappa shape index (κ1) is 21.7. The zero-order valence-corrected chi connectivity index (χ0v) is 18.3. The summed E-state index contributed by atoms with van der Waals surface area (Å²) >= 11 is 5.63. The lowest BCUT2D eigenvalue weighted by atomic mass is 9.72. The molecular formula is C20H29BrF3NOS. The predicted octanol–water partition coefficient (Wildman–Crippen LogP) is 5.36. The number of carbonyl (C=O) groups excluding carboxylic acids is 1. The summed E-state index contributed by atoms with van der Waals surface area (Å²) in [5.41, 5.74) is 1.37. The van der Waals surface area contributed by atoms with Crippen LogP contribution in [0.1, 0.15) is 45.4 Å². The molecule has 3 aliphatic rings. The molecule has 2 nitrogen and oxygen atoms in total. The molecule has 7 atom stereocenters. The number of allylic oxidation sites excluding steroid dienone is 1. The smallest absolute Gasteiger partial charge is 0.316 e. The van der Waals surface area contributed by atoms with Crippen LogP contribution < -0.4 is 5.32 Å². The average Bonchev–Trinajstić information content (AvgIpc) is 3.19. The van der Waals surface area contributed by atoms with Crippen LogP contribution in [0.3, 0.4) is 0 Å². The van der Waals surface area contributed by atoms with Crippen molar-refractivity contribution in [2.45, 2.75) is 67.7 Å². The number of halogens is 4. The van der Waals surface area contributed by atoms with Gasteiger partial charge < -0.3 is 5.32 Å². The summed E-state index contributed by atoms with van der Waals surface area (Å²) in [5.74, 6) is -0.0862. The zero-order chi connectivity index (χ0) is 19.8. The first-order valence-corrected chi connectivity index (χ1v) is 11.9. The Kier molecular flexibility index (Phi) is 7.06. The minimum absolute atomic E-state index is 0.0194. The van der Waals surface area contributed by atoms with E-state index in [1.54, 1.807) is 7.05 Å². The van der Waals surface area contributed by atoms with E-state index in [2.05, 4.69) is 34.2 Å². The Morgan fingerprint density at radius 3 is 2.56 bits per heavy atom. The summed E-state index contributed by atoms with van der Waals surface area (Å²) in [6.45, 7) is 2.13. The maximum Gasteiger partial charge on any atom is 0.391 e. The Bertz CT molecular complexity index is 582. The van der Waals surface area contributed by atoms with E-state index in [1.165, 1.54) is 5.57 Å². The molecular weight excluding hydrogens is 439 g/mol. The third-order valence-electron chi connectivity index (χ3n) is 6.73. The third kappa shape index (κ3) is 4.95. The number of Topliss-reactive ketones (excluding diaryl/α,β-unsaturated/α-hetero) is 1. The summed E-state index contributed by atoms with van der Waals surface area (Å²) in [7, 11) is 1.68. The van der Waals surface area contributed by atoms with Crippen LogP contribution >= 0.6 is 27.7 Å². The van der Waals surface area contributed by atoms with Crippen LogP contribution in [-0.2, 0) is 4.79 Å². The second-order valence-electron chi connectivity index (χ2n) is 8.34. The van der Waals surface area contributed by atoms with Gasteiger partial charge in [-0.1, -0.05) is 34.5 Å². The quantitative estimate of drug-likeness (QED) is 0.445. The van der Waals surface area contributed by atoms with E-state index in [0.717, 1.165) is 25.0 Å². The van der Waals surface area contributed by atoms with E-state index in [1.807, 2.05) is 11.8 Å². The van der Waals surface area contributed by atoms with E-state index in [-0.39, 0.29) is 42.4 Å². The Balaban J connectivity index is 1.64. The molecule has 5 unspecified atom stereocenters. The Labute approximate surface area is 172 Å². The minimum Gasteiger partial charge on any atom is -0.316 e. The van der Waals surface area contributed by atoms with Gasteiger partial charge in [-0.25, -0.2) is 0 Å². The van der Waals surface area contributed by atoms with E-state index in [4.69, 9.17) is 0 Å². The summed E-state index contributed by atoms with van der Waals surface area (Å²) < 4.78 is 39.3. The van der Waals surface area contributed by atoms with Gasteiger partial charge in [0.25, 0.3) is 0 Å². The van der Waals surface area contributed by atoms with Crippen molar-refractivity contribution in [3.05, 3.63) is 11.6 Å². The van der Waals surface area contributed by atoms with Crippen LogP contribution in [0.2, 0.25) is 0 Å². The number of thioether (sulfide) groups is 1. The highest BCUT2D eigenvalue weighted by molar-refractivity contribution is 9.09. The highest BCUT2D eigenvalue weighted by Crippen LogP contribution is 2.45. The molecule has 154 valence electrons. The van der Waals surface area contributed by atoms with Crippen LogP contribution in [-0.4, -0.2) is 40.9 Å². The predicted molar refractivity (Wildman–Crippen MR) is 108 cm³/mol. The number of hydrogen-bond donors (Lipinski definition) is 1. The maximum absolute atomic E-state index is 13.2. The van der Waals surface area contributed by atoms with Crippen molar-refractivity contribution in [2.75, 3.05) is 12.8 Å². The fourth-order valence-corrected chi connectivity index (χ4v) is 7.40. The van der Waals surface area contributed by atoms with E-state index >= 15 is 0 Å². The molecule has 1 saturated heterocycles. The summed E-state index contributed by atoms with van der Waals surface area (Å²) in [4.78, 5) is 13.8. The molecule has 0 aromatic rings. The molecule has 1 heterocycles. The monoisotopic (exact) mass is 467 g/mol. The third-order valence-corrected chi connectivity index (χ3v) is 9.20. The van der Waals surface area contributed by atoms with Crippen LogP contribution in [0.5, 0.6) is 0 Å². The minimum atomic E-state index is -4.16. The van der Waals surface area contributed by atoms with Gasteiger partial charge in [0.1, 0.15) is 5.78 Å². The molecule has 3 fully saturated rings. The molecule has 1 aliphatic heterocycles. The molecule has 0 bridgehead atoms. The first-order chi connectivity index (χ1) is 12.7. The number of carbonyl (C=O) groups is 1. The lowest BCUT2D eigenvalue weighted by Crippen LogP contribution is -2.47. The van der Waals surface area contributed by atoms with Crippen LogP contribution in [0.4, 0.5) is 13.2 Å². The van der Waals surface area contributed by atoms with Gasteiger partial charge in [-0.05, 0) is 51.5 Å². The Hall–Kier alpha value is -0.0100. The van der Waals surface area contributed by atoms with Crippen molar-refractivity contribution in [1.82, 2.24) is 5.32 Å². The van der Waals surface area contributed by atoms with Crippen LogP contribution in [0.15, 0.2) is 11.6 Å². The average molecular weight is 468 g/mol. The number of alkyl halides is 4. The normalized spacial score (nSPS) is 42.0. The molecule has 3 rings (SSSR count). The van der Waals surface area contributed by atoms with Crippen molar-refractivity contribution < 1.29 is 18.0 Å². The molecule has 0 aromatic heterocycles. The standard InChI is InChI=1S/C20H29BrF3NOS/c1-11-12(7-15-9-14(21)10-27-15)3-5-16(11)19(26)17-6-4-13(20(22,23)24)8-18(17)25-2/h7,11,13-18,25H,3-6,8-10H2,1-2H3/b12-7+/t11?,13?,14?,15?,16-,17+,18?/m0/s1. The maximum atomic E-state index is 13.2. The van der Waals surface area contributed by atoms with Gasteiger partial charge in [0.2, 0.25) is 0 Å². The number of nitrogens with one attached hydrogen (secondary N) is 1. The lowest BCUT2D eigenvalue weighted by molar-refractivity contribution is -0.187. The topological polar surface area (TPSA) is 29.1 Å². The van der Waals surface area contributed by atoms with Gasteiger partial charge in [-0.2, -0.15) is 24.9 Å². The second kappa shape index (κ2) is 8.78. The first-order valence-electron chi connectivity index (χ1n) is 9.94. The molecule has 0 amide bonds. The molecule has 0 radical (unpaired) electrons. The van der Waals surface area contributed by atoms with Crippen molar-refractivity contribution in [1.29, 1.82) is 0 Å². The van der Waals surface area contributed by atoms with E-state index in [0.29, 0.717) is 16.5 Å². The number of hydrogen-bond acceptors (Lipinski definition) is 3. The highest BCUT2D eigenvalue weighted by Gasteiger charge is 2.48. The Morgan fingerprint density at radius 2 is 1.96 bits per heavy atom. The molecule has 0 aromatic carbocycles. The van der Waals surface area contributed by atoms with Gasteiger partial charge >= 0.3 is 6.18 Å². The van der Waals surface area contributed by atoms with Gasteiger partial charge in [-0.15, -0.1) is 0 Å². The summed E-state index contributed by atoms with van der Waals surface area (Å²) in [6, 6.07) is -0.363. The van der Waals surface area contributed by atoms with Gasteiger partial charge in [0, 0.05) is 33.7 Å². The van der Waals surface area contributed by atoms with Crippen LogP contribution in [0.25, 0.3) is 0 Å². The number of ketones is 1. The highest BCUT2D eigenvalue weighted by atomic mass is 79.9. The number of rotatable bonds is 4. The molecule has 1 N–H and O–H groups in total. The molecule has 7 heteroatoms. The summed E-state index contributed by atoms with van der Waals surface area (Å²) in [5, 5.41) is 3.53. The van der Waals surface area contributed by atoms with Crippen molar-refractivity contribution in [3.63, 3.8) is 0 Å². The van der Waals surface area contributed by atoms with E-state index in [9.17, 15) is 18.0 Å². The molecule has 2 saturated carbocycles. The van der Waals surface area contributed by atoms with Crippen molar-refractivity contribution in [3.8, 4) is 0 Å². The fraction of sp³-hybridized carbons (Fsp3) is 0.850. The summed E-state index contributed by atoms with van der Waals surface area (Å²) in [6.07, 6.45) is 1.56. The second-order valence-corrected chi connectivity index (χ2v) is 10.9. The molecule has 2 aliphatic carbocycles. The van der Waals surface area contributed by atoms with Gasteiger partial charge in [0.05, 0.1) is 5.92 Å². The lowest BCUT2D eigenvalue weighted by Gasteiger charge is -2.37. The molecule has 0 spiro atoms. The van der Waals surface area contributed by atoms with E-state index < -0.39 is 12.1 Å². The van der Waals surface area contributed by atoms with Gasteiger partial charge in [-0.3, -0.25) is 4.79 Å². The van der Waals surface area contributed by atoms with Crippen LogP contribution in [0, 0.1) is 23.7 Å². The van der Waals surface area contributed by atoms with Crippen molar-refractivity contribution >= 4 is 33.5 Å².